The number of benzene rings is 2. The quantitative estimate of drug-likeness (QED) is 0.734. The molecule has 0 bridgehead atoms. The van der Waals surface area contributed by atoms with Crippen LogP contribution in [0.3, 0.4) is 0 Å². The van der Waals surface area contributed by atoms with Gasteiger partial charge in [0, 0.05) is 13.0 Å². The first-order valence-electron chi connectivity index (χ1n) is 8.60. The number of hydrogen-bond acceptors (Lipinski definition) is 2. The average molecular weight is 387 g/mol. The van der Waals surface area contributed by atoms with E-state index in [0.29, 0.717) is 5.56 Å². The normalized spacial score (nSPS) is 18.9. The summed E-state index contributed by atoms with van der Waals surface area (Å²) < 4.78 is 43.2. The second-order valence-corrected chi connectivity index (χ2v) is 6.68. The van der Waals surface area contributed by atoms with Crippen molar-refractivity contribution in [3.63, 3.8) is 0 Å². The Morgan fingerprint density at radius 1 is 1.00 bits per heavy atom. The Bertz CT molecular complexity index is 1170. The van der Waals surface area contributed by atoms with Crippen molar-refractivity contribution in [3.8, 4) is 0 Å². The molecule has 8 heteroatoms. The molecular formula is C20H16F3N3O2. The number of H-pyrrole nitrogens is 1. The number of aromatic nitrogens is 3. The molecule has 28 heavy (non-hydrogen) atoms. The molecule has 3 aromatic rings. The maximum Gasteiger partial charge on any atom is 0.416 e. The lowest BCUT2D eigenvalue weighted by atomic mass is 9.78. The summed E-state index contributed by atoms with van der Waals surface area (Å²) in [6.45, 7) is 0. The van der Waals surface area contributed by atoms with Gasteiger partial charge < -0.3 is 0 Å². The number of rotatable bonds is 2. The first-order chi connectivity index (χ1) is 13.3. The minimum absolute atomic E-state index is 0.0321. The molecule has 0 amide bonds. The Balaban J connectivity index is 2.05. The van der Waals surface area contributed by atoms with Crippen molar-refractivity contribution >= 4 is 6.08 Å². The Morgan fingerprint density at radius 2 is 1.71 bits per heavy atom. The highest BCUT2D eigenvalue weighted by Gasteiger charge is 2.41. The maximum atomic E-state index is 13.8. The zero-order valence-electron chi connectivity index (χ0n) is 14.8. The average Bonchev–Trinajstić information content (AvgIpc) is 2.93. The third-order valence-corrected chi connectivity index (χ3v) is 5.04. The molecule has 144 valence electrons. The highest BCUT2D eigenvalue weighted by atomic mass is 19.4. The van der Waals surface area contributed by atoms with E-state index in [1.165, 1.54) is 13.1 Å². The van der Waals surface area contributed by atoms with E-state index in [0.717, 1.165) is 20.9 Å². The summed E-state index contributed by atoms with van der Waals surface area (Å²) in [5.41, 5.74) is -1.13. The van der Waals surface area contributed by atoms with Crippen molar-refractivity contribution in [2.24, 2.45) is 7.05 Å². The van der Waals surface area contributed by atoms with E-state index in [9.17, 15) is 22.8 Å². The number of hydrogen-bond donors (Lipinski definition) is 1. The molecule has 1 aromatic heterocycles. The van der Waals surface area contributed by atoms with Crippen molar-refractivity contribution < 1.29 is 13.2 Å². The van der Waals surface area contributed by atoms with Gasteiger partial charge in [-0.05, 0) is 22.8 Å². The van der Waals surface area contributed by atoms with E-state index in [-0.39, 0.29) is 5.56 Å². The fourth-order valence-electron chi connectivity index (χ4n) is 3.72. The summed E-state index contributed by atoms with van der Waals surface area (Å²) in [6.07, 6.45) is -1.21. The molecule has 2 atom stereocenters. The topological polar surface area (TPSA) is 59.8 Å². The summed E-state index contributed by atoms with van der Waals surface area (Å²) in [6, 6.07) is 11.8. The van der Waals surface area contributed by atoms with E-state index < -0.39 is 35.1 Å². The van der Waals surface area contributed by atoms with Gasteiger partial charge in [0.2, 0.25) is 0 Å². The lowest BCUT2D eigenvalue weighted by Crippen LogP contribution is -2.34. The van der Waals surface area contributed by atoms with E-state index in [2.05, 4.69) is 5.10 Å². The molecule has 0 saturated heterocycles. The van der Waals surface area contributed by atoms with Gasteiger partial charge in [0.1, 0.15) is 0 Å². The summed E-state index contributed by atoms with van der Waals surface area (Å²) in [7, 11) is 1.28. The Morgan fingerprint density at radius 3 is 2.32 bits per heavy atom. The molecular weight excluding hydrogens is 371 g/mol. The molecule has 0 saturated carbocycles. The lowest BCUT2D eigenvalue weighted by molar-refractivity contribution is -0.138. The SMILES string of the molecule is Cn1c(=O)[nH]n([C@H]2c3c(cccc3C(F)(F)F)C=C[C@@H]2c2ccccc2)c1=O. The fourth-order valence-corrected chi connectivity index (χ4v) is 3.72. The van der Waals surface area contributed by atoms with Crippen LogP contribution < -0.4 is 11.4 Å². The molecule has 2 aromatic carbocycles. The number of alkyl halides is 3. The number of nitrogens with one attached hydrogen (secondary N) is 1. The van der Waals surface area contributed by atoms with Crippen molar-refractivity contribution in [2.75, 3.05) is 0 Å². The minimum Gasteiger partial charge on any atom is -0.246 e. The van der Waals surface area contributed by atoms with Crippen LogP contribution in [-0.2, 0) is 13.2 Å². The van der Waals surface area contributed by atoms with E-state index in [1.807, 2.05) is 0 Å². The monoisotopic (exact) mass is 387 g/mol. The predicted molar refractivity (Wildman–Crippen MR) is 98.1 cm³/mol. The molecule has 0 unspecified atom stereocenters. The first-order valence-corrected chi connectivity index (χ1v) is 8.60. The van der Waals surface area contributed by atoms with Gasteiger partial charge in [-0.3, -0.25) is 0 Å². The van der Waals surface area contributed by atoms with Crippen LogP contribution in [0, 0.1) is 0 Å². The molecule has 0 aliphatic heterocycles. The molecule has 1 N–H and O–H groups in total. The van der Waals surface area contributed by atoms with Gasteiger partial charge in [-0.15, -0.1) is 0 Å². The second-order valence-electron chi connectivity index (χ2n) is 6.68. The lowest BCUT2D eigenvalue weighted by Gasteiger charge is -2.32. The number of halogens is 3. The summed E-state index contributed by atoms with van der Waals surface area (Å²) in [4.78, 5) is 24.6. The van der Waals surface area contributed by atoms with E-state index in [1.54, 1.807) is 48.6 Å². The predicted octanol–water partition coefficient (Wildman–Crippen LogP) is 3.29. The second kappa shape index (κ2) is 6.40. The summed E-state index contributed by atoms with van der Waals surface area (Å²) in [5, 5.41) is 2.41. The largest absolute Gasteiger partial charge is 0.416 e. The van der Waals surface area contributed by atoms with Crippen LogP contribution in [0.2, 0.25) is 0 Å². The third kappa shape index (κ3) is 2.81. The van der Waals surface area contributed by atoms with Crippen LogP contribution in [0.4, 0.5) is 13.2 Å². The third-order valence-electron chi connectivity index (χ3n) is 5.04. The van der Waals surface area contributed by atoms with Gasteiger partial charge >= 0.3 is 17.6 Å². The van der Waals surface area contributed by atoms with Gasteiger partial charge in [-0.25, -0.2) is 23.9 Å². The Hall–Kier alpha value is -3.29. The van der Waals surface area contributed by atoms with Crippen molar-refractivity contribution in [1.82, 2.24) is 14.3 Å². The molecule has 1 aliphatic carbocycles. The van der Waals surface area contributed by atoms with Crippen molar-refractivity contribution in [3.05, 3.63) is 97.8 Å². The minimum atomic E-state index is -4.60. The smallest absolute Gasteiger partial charge is 0.246 e. The molecule has 4 rings (SSSR count). The molecule has 1 heterocycles. The standard InChI is InChI=1S/C20H16F3N3O2/c1-25-18(27)24-26(19(25)28)17-14(12-6-3-2-4-7-12)11-10-13-8-5-9-15(16(13)17)20(21,22)23/h2-11,14,17H,1H3,(H,24,27)/t14-,17-/m1/s1. The molecule has 5 nitrogen and oxygen atoms in total. The van der Waals surface area contributed by atoms with Gasteiger partial charge in [-0.2, -0.15) is 13.2 Å². The molecule has 0 spiro atoms. The molecule has 1 aliphatic rings. The highest BCUT2D eigenvalue weighted by molar-refractivity contribution is 5.63. The Kier molecular flexibility index (Phi) is 4.14. The van der Waals surface area contributed by atoms with Gasteiger partial charge in [-0.1, -0.05) is 54.6 Å². The van der Waals surface area contributed by atoms with Crippen LogP contribution in [0.5, 0.6) is 0 Å². The van der Waals surface area contributed by atoms with Crippen molar-refractivity contribution in [2.45, 2.75) is 18.1 Å². The van der Waals surface area contributed by atoms with Crippen LogP contribution in [-0.4, -0.2) is 14.3 Å². The van der Waals surface area contributed by atoms with Crippen LogP contribution in [0.1, 0.15) is 34.2 Å². The summed E-state index contributed by atoms with van der Waals surface area (Å²) >= 11 is 0. The highest BCUT2D eigenvalue weighted by Crippen LogP contribution is 2.45. The number of allylic oxidation sites excluding steroid dienone is 1. The number of aromatic amines is 1. The van der Waals surface area contributed by atoms with Gasteiger partial charge in [0.15, 0.2) is 0 Å². The Labute approximate surface area is 157 Å². The number of fused-ring (bicyclic) bond motifs is 1. The fraction of sp³-hybridized carbons (Fsp3) is 0.200. The van der Waals surface area contributed by atoms with E-state index >= 15 is 0 Å². The van der Waals surface area contributed by atoms with Crippen LogP contribution in [0.15, 0.2) is 64.2 Å². The number of nitrogens with zero attached hydrogens (tertiary/aromatic N) is 2. The maximum absolute atomic E-state index is 13.8. The van der Waals surface area contributed by atoms with Crippen LogP contribution in [0.25, 0.3) is 6.08 Å². The molecule has 0 fully saturated rings. The van der Waals surface area contributed by atoms with Gasteiger partial charge in [0.05, 0.1) is 11.6 Å². The zero-order chi connectivity index (χ0) is 20.1. The summed E-state index contributed by atoms with van der Waals surface area (Å²) in [5.74, 6) is -0.562. The first kappa shape index (κ1) is 18.1. The van der Waals surface area contributed by atoms with Crippen LogP contribution >= 0.6 is 0 Å². The van der Waals surface area contributed by atoms with Gasteiger partial charge in [0.25, 0.3) is 0 Å². The van der Waals surface area contributed by atoms with Crippen molar-refractivity contribution in [1.29, 1.82) is 0 Å². The molecule has 0 radical (unpaired) electrons. The zero-order valence-corrected chi connectivity index (χ0v) is 14.8. The van der Waals surface area contributed by atoms with E-state index in [4.69, 9.17) is 0 Å².